The fourth-order valence-corrected chi connectivity index (χ4v) is 1.62. The van der Waals surface area contributed by atoms with Crippen LogP contribution in [0.1, 0.15) is 11.5 Å². The fourth-order valence-electron chi connectivity index (χ4n) is 1.24. The number of phenols is 1. The smallest absolute Gasteiger partial charge is 0.397 e. The summed E-state index contributed by atoms with van der Waals surface area (Å²) in [6, 6.07) is 3.89. The van der Waals surface area contributed by atoms with Gasteiger partial charge in [-0.05, 0) is 18.2 Å². The molecule has 1 rings (SSSR count). The van der Waals surface area contributed by atoms with Gasteiger partial charge in [0.15, 0.2) is 0 Å². The molecule has 1 unspecified atom stereocenters. The van der Waals surface area contributed by atoms with Gasteiger partial charge in [-0.1, -0.05) is 15.9 Å². The molecule has 0 aliphatic carbocycles. The second kappa shape index (κ2) is 4.40. The number of aromatic hydroxyl groups is 1. The van der Waals surface area contributed by atoms with Crippen LogP contribution in [-0.4, -0.2) is 17.8 Å². The predicted molar refractivity (Wildman–Crippen MR) is 53.7 cm³/mol. The lowest BCUT2D eigenvalue weighted by Gasteiger charge is -2.19. The number of rotatable bonds is 2. The van der Waals surface area contributed by atoms with Crippen molar-refractivity contribution in [3.05, 3.63) is 28.2 Å². The van der Waals surface area contributed by atoms with Crippen molar-refractivity contribution in [2.75, 3.05) is 6.54 Å². The number of phenolic OH excluding ortho intramolecular Hbond substituents is 1. The molecule has 0 amide bonds. The van der Waals surface area contributed by atoms with E-state index < -0.39 is 24.4 Å². The van der Waals surface area contributed by atoms with E-state index >= 15 is 0 Å². The second-order valence-corrected chi connectivity index (χ2v) is 3.95. The van der Waals surface area contributed by atoms with Crippen LogP contribution in [-0.2, 0) is 0 Å². The highest BCUT2D eigenvalue weighted by Gasteiger charge is 2.41. The van der Waals surface area contributed by atoms with E-state index in [1.54, 1.807) is 0 Å². The Hall–Kier alpha value is -0.750. The molecule has 1 aromatic rings. The Morgan fingerprint density at radius 1 is 1.40 bits per heavy atom. The van der Waals surface area contributed by atoms with Crippen molar-refractivity contribution in [3.8, 4) is 5.75 Å². The van der Waals surface area contributed by atoms with Gasteiger partial charge in [0.25, 0.3) is 0 Å². The first kappa shape index (κ1) is 12.3. The van der Waals surface area contributed by atoms with Gasteiger partial charge in [-0.25, -0.2) is 0 Å². The van der Waals surface area contributed by atoms with Gasteiger partial charge in [-0.2, -0.15) is 13.2 Å². The predicted octanol–water partition coefficient (Wildman–Crippen LogP) is 2.76. The standard InChI is InChI=1S/C9H9BrF3NO/c10-5-1-2-8(15)6(3-5)7(4-14)9(11,12)13/h1-3,7,15H,4,14H2. The van der Waals surface area contributed by atoms with Gasteiger partial charge in [0.2, 0.25) is 0 Å². The molecule has 1 aromatic carbocycles. The molecular formula is C9H9BrF3NO. The zero-order valence-electron chi connectivity index (χ0n) is 7.55. The third-order valence-electron chi connectivity index (χ3n) is 2.00. The Morgan fingerprint density at radius 3 is 2.47 bits per heavy atom. The summed E-state index contributed by atoms with van der Waals surface area (Å²) in [6.07, 6.45) is -4.45. The van der Waals surface area contributed by atoms with Gasteiger partial charge < -0.3 is 10.8 Å². The van der Waals surface area contributed by atoms with E-state index in [-0.39, 0.29) is 5.56 Å². The SMILES string of the molecule is NCC(c1cc(Br)ccc1O)C(F)(F)F. The maximum atomic E-state index is 12.5. The fraction of sp³-hybridized carbons (Fsp3) is 0.333. The number of benzene rings is 1. The van der Waals surface area contributed by atoms with Crippen molar-refractivity contribution >= 4 is 15.9 Å². The molecular weight excluding hydrogens is 275 g/mol. The summed E-state index contributed by atoms with van der Waals surface area (Å²) < 4.78 is 38.0. The summed E-state index contributed by atoms with van der Waals surface area (Å²) in [6.45, 7) is -0.590. The first-order valence-corrected chi connectivity index (χ1v) is 4.90. The molecule has 0 radical (unpaired) electrons. The Labute approximate surface area is 93.0 Å². The van der Waals surface area contributed by atoms with E-state index in [1.807, 2.05) is 0 Å². The summed E-state index contributed by atoms with van der Waals surface area (Å²) in [5, 5.41) is 9.32. The van der Waals surface area contributed by atoms with Gasteiger partial charge in [-0.15, -0.1) is 0 Å². The van der Waals surface area contributed by atoms with Crippen molar-refractivity contribution < 1.29 is 18.3 Å². The summed E-state index contributed by atoms with van der Waals surface area (Å²) >= 11 is 3.04. The number of halogens is 4. The van der Waals surface area contributed by atoms with E-state index in [2.05, 4.69) is 15.9 Å². The number of alkyl halides is 3. The molecule has 0 aliphatic heterocycles. The minimum Gasteiger partial charge on any atom is -0.508 e. The Bertz CT molecular complexity index is 354. The van der Waals surface area contributed by atoms with Crippen LogP contribution in [0.2, 0.25) is 0 Å². The highest BCUT2D eigenvalue weighted by atomic mass is 79.9. The molecule has 0 saturated carbocycles. The van der Waals surface area contributed by atoms with Gasteiger partial charge in [-0.3, -0.25) is 0 Å². The number of hydrogen-bond donors (Lipinski definition) is 2. The van der Waals surface area contributed by atoms with Crippen molar-refractivity contribution in [1.82, 2.24) is 0 Å². The van der Waals surface area contributed by atoms with Crippen LogP contribution in [0.4, 0.5) is 13.2 Å². The monoisotopic (exact) mass is 283 g/mol. The third-order valence-corrected chi connectivity index (χ3v) is 2.49. The van der Waals surface area contributed by atoms with Crippen LogP contribution in [0.5, 0.6) is 5.75 Å². The van der Waals surface area contributed by atoms with E-state index in [0.29, 0.717) is 4.47 Å². The minimum absolute atomic E-state index is 0.209. The van der Waals surface area contributed by atoms with E-state index in [1.165, 1.54) is 18.2 Å². The number of nitrogens with two attached hydrogens (primary N) is 1. The van der Waals surface area contributed by atoms with Crippen LogP contribution in [0, 0.1) is 0 Å². The van der Waals surface area contributed by atoms with Gasteiger partial charge in [0.1, 0.15) is 5.75 Å². The highest BCUT2D eigenvalue weighted by Crippen LogP contribution is 2.38. The number of hydrogen-bond acceptors (Lipinski definition) is 2. The lowest BCUT2D eigenvalue weighted by molar-refractivity contribution is -0.148. The molecule has 0 spiro atoms. The van der Waals surface area contributed by atoms with Crippen molar-refractivity contribution in [2.45, 2.75) is 12.1 Å². The summed E-state index contributed by atoms with van der Waals surface area (Å²) in [5.74, 6) is -2.24. The zero-order valence-corrected chi connectivity index (χ0v) is 9.14. The first-order chi connectivity index (χ1) is 6.86. The molecule has 0 fully saturated rings. The highest BCUT2D eigenvalue weighted by molar-refractivity contribution is 9.10. The zero-order chi connectivity index (χ0) is 11.6. The molecule has 0 heterocycles. The van der Waals surface area contributed by atoms with Crippen LogP contribution in [0.3, 0.4) is 0 Å². The van der Waals surface area contributed by atoms with Gasteiger partial charge in [0.05, 0.1) is 5.92 Å². The lowest BCUT2D eigenvalue weighted by Crippen LogP contribution is -2.28. The normalized spacial score (nSPS) is 13.9. The lowest BCUT2D eigenvalue weighted by atomic mass is 9.98. The van der Waals surface area contributed by atoms with Crippen LogP contribution < -0.4 is 5.73 Å². The summed E-state index contributed by atoms with van der Waals surface area (Å²) in [7, 11) is 0. The minimum atomic E-state index is -4.45. The molecule has 6 heteroatoms. The van der Waals surface area contributed by atoms with E-state index in [0.717, 1.165) is 0 Å². The van der Waals surface area contributed by atoms with Crippen LogP contribution in [0.25, 0.3) is 0 Å². The molecule has 2 nitrogen and oxygen atoms in total. The van der Waals surface area contributed by atoms with Crippen LogP contribution in [0.15, 0.2) is 22.7 Å². The molecule has 0 aromatic heterocycles. The Morgan fingerprint density at radius 2 is 2.00 bits per heavy atom. The largest absolute Gasteiger partial charge is 0.508 e. The first-order valence-electron chi connectivity index (χ1n) is 4.11. The maximum Gasteiger partial charge on any atom is 0.397 e. The molecule has 0 saturated heterocycles. The van der Waals surface area contributed by atoms with E-state index in [4.69, 9.17) is 5.73 Å². The third kappa shape index (κ3) is 2.85. The second-order valence-electron chi connectivity index (χ2n) is 3.03. The topological polar surface area (TPSA) is 46.2 Å². The van der Waals surface area contributed by atoms with Crippen molar-refractivity contribution in [3.63, 3.8) is 0 Å². The summed E-state index contributed by atoms with van der Waals surface area (Å²) in [5.41, 5.74) is 4.85. The molecule has 3 N–H and O–H groups in total. The van der Waals surface area contributed by atoms with Crippen molar-refractivity contribution in [1.29, 1.82) is 0 Å². The molecule has 0 aliphatic rings. The average molecular weight is 284 g/mol. The maximum absolute atomic E-state index is 12.5. The van der Waals surface area contributed by atoms with E-state index in [9.17, 15) is 18.3 Å². The molecule has 1 atom stereocenters. The average Bonchev–Trinajstić information content (AvgIpc) is 2.10. The van der Waals surface area contributed by atoms with Gasteiger partial charge >= 0.3 is 6.18 Å². The molecule has 15 heavy (non-hydrogen) atoms. The quantitative estimate of drug-likeness (QED) is 0.877. The molecule has 84 valence electrons. The van der Waals surface area contributed by atoms with Crippen LogP contribution >= 0.6 is 15.9 Å². The van der Waals surface area contributed by atoms with Crippen molar-refractivity contribution in [2.24, 2.45) is 5.73 Å². The molecule has 0 bridgehead atoms. The summed E-state index contributed by atoms with van der Waals surface area (Å²) in [4.78, 5) is 0. The van der Waals surface area contributed by atoms with Gasteiger partial charge in [0, 0.05) is 16.6 Å². The Balaban J connectivity index is 3.18. The Kier molecular flexibility index (Phi) is 3.62.